The summed E-state index contributed by atoms with van der Waals surface area (Å²) in [4.78, 5) is 11.3. The van der Waals surface area contributed by atoms with Gasteiger partial charge in [-0.1, -0.05) is 17.7 Å². The number of aryl methyl sites for hydroxylation is 1. The number of pyridine rings is 2. The number of hydrogen-bond acceptors (Lipinski definition) is 4. The lowest BCUT2D eigenvalue weighted by atomic mass is 10.2. The van der Waals surface area contributed by atoms with Crippen LogP contribution < -0.4 is 0 Å². The highest BCUT2D eigenvalue weighted by molar-refractivity contribution is 8.06. The second-order valence-electron chi connectivity index (χ2n) is 4.97. The van der Waals surface area contributed by atoms with Gasteiger partial charge in [-0.05, 0) is 43.3 Å². The summed E-state index contributed by atoms with van der Waals surface area (Å²) in [6.07, 6.45) is 1.56. The van der Waals surface area contributed by atoms with Crippen molar-refractivity contribution >= 4 is 25.9 Å². The maximum absolute atomic E-state index is 12.7. The lowest BCUT2D eigenvalue weighted by Gasteiger charge is -2.02. The Bertz CT molecular complexity index is 1040. The van der Waals surface area contributed by atoms with E-state index in [9.17, 15) is 13.9 Å². The summed E-state index contributed by atoms with van der Waals surface area (Å²) in [5.74, 6) is 0. The van der Waals surface area contributed by atoms with Crippen LogP contribution in [-0.2, 0) is 9.84 Å². The van der Waals surface area contributed by atoms with E-state index in [0.29, 0.717) is 5.65 Å². The maximum atomic E-state index is 12.7. The minimum absolute atomic E-state index is 0.0406. The molecule has 3 aromatic rings. The van der Waals surface area contributed by atoms with E-state index in [-0.39, 0.29) is 10.6 Å². The van der Waals surface area contributed by atoms with Crippen LogP contribution >= 0.6 is 0 Å². The normalized spacial score (nSPS) is 11.2. The van der Waals surface area contributed by atoms with Crippen molar-refractivity contribution in [3.05, 3.63) is 71.5 Å². The van der Waals surface area contributed by atoms with Crippen molar-refractivity contribution in [2.45, 2.75) is 11.8 Å². The highest BCUT2D eigenvalue weighted by Crippen LogP contribution is 2.17. The molecule has 0 N–H and O–H groups in total. The molecule has 23 heavy (non-hydrogen) atoms. The van der Waals surface area contributed by atoms with Crippen LogP contribution in [0.3, 0.4) is 0 Å². The number of nitrogens with zero attached hydrogens (tertiary/aromatic N) is 4. The van der Waals surface area contributed by atoms with E-state index >= 15 is 0 Å². The molecule has 0 atom stereocenters. The van der Waals surface area contributed by atoms with Gasteiger partial charge < -0.3 is 5.53 Å². The molecule has 0 bridgehead atoms. The SMILES string of the molecule is Cc1ccc(S(=O)(=O)C(=[N+]=[N-])c2ccc3cccnc3n2)cc1. The Kier molecular flexibility index (Phi) is 3.73. The van der Waals surface area contributed by atoms with Gasteiger partial charge in [0.25, 0.3) is 9.84 Å². The van der Waals surface area contributed by atoms with E-state index in [0.717, 1.165) is 10.9 Å². The van der Waals surface area contributed by atoms with Gasteiger partial charge >= 0.3 is 5.04 Å². The summed E-state index contributed by atoms with van der Waals surface area (Å²) in [7, 11) is -3.98. The molecule has 0 aliphatic carbocycles. The Labute approximate surface area is 133 Å². The lowest BCUT2D eigenvalue weighted by molar-refractivity contribution is 0.000306. The van der Waals surface area contributed by atoms with E-state index in [1.807, 2.05) is 13.0 Å². The third kappa shape index (κ3) is 2.75. The average Bonchev–Trinajstić information content (AvgIpc) is 2.55. The van der Waals surface area contributed by atoms with Crippen LogP contribution in [0.1, 0.15) is 11.3 Å². The van der Waals surface area contributed by atoms with E-state index in [4.69, 9.17) is 0 Å². The first kappa shape index (κ1) is 15.0. The summed E-state index contributed by atoms with van der Waals surface area (Å²) in [6, 6.07) is 13.0. The fourth-order valence-electron chi connectivity index (χ4n) is 2.14. The summed E-state index contributed by atoms with van der Waals surface area (Å²) in [6.45, 7) is 1.86. The highest BCUT2D eigenvalue weighted by atomic mass is 32.2. The van der Waals surface area contributed by atoms with Crippen LogP contribution in [0.25, 0.3) is 16.6 Å². The Hall–Kier alpha value is -2.89. The topological polar surface area (TPSA) is 96.3 Å². The third-order valence-electron chi connectivity index (χ3n) is 3.36. The Morgan fingerprint density at radius 2 is 1.83 bits per heavy atom. The van der Waals surface area contributed by atoms with E-state index in [1.54, 1.807) is 30.5 Å². The summed E-state index contributed by atoms with van der Waals surface area (Å²) >= 11 is 0. The zero-order chi connectivity index (χ0) is 16.4. The van der Waals surface area contributed by atoms with E-state index < -0.39 is 14.9 Å². The molecule has 0 amide bonds. The second-order valence-corrected chi connectivity index (χ2v) is 6.83. The molecule has 2 heterocycles. The fraction of sp³-hybridized carbons (Fsp3) is 0.0625. The number of sulfone groups is 1. The van der Waals surface area contributed by atoms with Crippen LogP contribution in [0, 0.1) is 6.92 Å². The quantitative estimate of drug-likeness (QED) is 0.313. The predicted octanol–water partition coefficient (Wildman–Crippen LogP) is 2.39. The molecule has 0 aliphatic rings. The Balaban J connectivity index is 2.14. The van der Waals surface area contributed by atoms with Crippen molar-refractivity contribution in [1.82, 2.24) is 9.97 Å². The van der Waals surface area contributed by atoms with Gasteiger partial charge in [-0.15, -0.1) is 0 Å². The largest absolute Gasteiger partial charge is 0.434 e. The molecule has 0 aliphatic heterocycles. The molecule has 0 radical (unpaired) electrons. The summed E-state index contributed by atoms with van der Waals surface area (Å²) in [5, 5.41) is 0.259. The monoisotopic (exact) mass is 324 g/mol. The number of rotatable bonds is 2. The molecule has 6 nitrogen and oxygen atoms in total. The molecule has 0 saturated heterocycles. The average molecular weight is 324 g/mol. The van der Waals surface area contributed by atoms with Crippen LogP contribution in [0.5, 0.6) is 0 Å². The molecule has 0 spiro atoms. The molecule has 3 rings (SSSR count). The van der Waals surface area contributed by atoms with E-state index in [1.165, 1.54) is 18.2 Å². The van der Waals surface area contributed by atoms with Crippen molar-refractivity contribution in [2.75, 3.05) is 0 Å². The Morgan fingerprint density at radius 1 is 1.09 bits per heavy atom. The lowest BCUT2D eigenvalue weighted by Crippen LogP contribution is -2.19. The van der Waals surface area contributed by atoms with Crippen molar-refractivity contribution < 1.29 is 13.2 Å². The molecule has 1 aromatic carbocycles. The van der Waals surface area contributed by atoms with Crippen LogP contribution in [0.15, 0.2) is 59.6 Å². The van der Waals surface area contributed by atoms with Crippen molar-refractivity contribution in [3.63, 3.8) is 0 Å². The standard InChI is InChI=1S/C16H12N4O2S/c1-11-4-7-13(8-5-11)23(21,22)16(20-17)14-9-6-12-3-2-10-18-15(12)19-14/h2-10H,1H3. The number of aromatic nitrogens is 2. The van der Waals surface area contributed by atoms with Gasteiger partial charge in [0.2, 0.25) is 0 Å². The zero-order valence-corrected chi connectivity index (χ0v) is 13.0. The predicted molar refractivity (Wildman–Crippen MR) is 85.6 cm³/mol. The van der Waals surface area contributed by atoms with Gasteiger partial charge in [-0.3, -0.25) is 0 Å². The molecule has 7 heteroatoms. The maximum Gasteiger partial charge on any atom is 0.434 e. The Morgan fingerprint density at radius 3 is 2.52 bits per heavy atom. The molecular formula is C16H12N4O2S. The zero-order valence-electron chi connectivity index (χ0n) is 12.2. The first-order valence-electron chi connectivity index (χ1n) is 6.78. The third-order valence-corrected chi connectivity index (χ3v) is 5.05. The first-order valence-corrected chi connectivity index (χ1v) is 8.26. The van der Waals surface area contributed by atoms with Gasteiger partial charge in [-0.2, -0.15) is 4.79 Å². The smallest absolute Gasteiger partial charge is 0.360 e. The van der Waals surface area contributed by atoms with Crippen molar-refractivity contribution in [1.29, 1.82) is 0 Å². The first-order chi connectivity index (χ1) is 11.0. The fourth-order valence-corrected chi connectivity index (χ4v) is 3.36. The van der Waals surface area contributed by atoms with Gasteiger partial charge in [-0.25, -0.2) is 18.4 Å². The summed E-state index contributed by atoms with van der Waals surface area (Å²) < 4.78 is 25.3. The van der Waals surface area contributed by atoms with Gasteiger partial charge in [0, 0.05) is 11.6 Å². The minimum Gasteiger partial charge on any atom is -0.360 e. The highest BCUT2D eigenvalue weighted by Gasteiger charge is 2.33. The molecule has 0 fully saturated rings. The molecular weight excluding hydrogens is 312 g/mol. The van der Waals surface area contributed by atoms with Gasteiger partial charge in [0.1, 0.15) is 0 Å². The molecule has 114 valence electrons. The second kappa shape index (κ2) is 5.72. The van der Waals surface area contributed by atoms with Gasteiger partial charge in [0.15, 0.2) is 11.3 Å². The number of benzene rings is 1. The molecule has 0 unspecified atom stereocenters. The van der Waals surface area contributed by atoms with Crippen molar-refractivity contribution in [3.8, 4) is 0 Å². The van der Waals surface area contributed by atoms with Crippen LogP contribution in [0.2, 0.25) is 0 Å². The summed E-state index contributed by atoms with van der Waals surface area (Å²) in [5.41, 5.74) is 10.6. The van der Waals surface area contributed by atoms with Crippen LogP contribution in [-0.4, -0.2) is 28.2 Å². The van der Waals surface area contributed by atoms with Crippen LogP contribution in [0.4, 0.5) is 0 Å². The minimum atomic E-state index is -3.98. The van der Waals surface area contributed by atoms with Gasteiger partial charge in [0.05, 0.1) is 4.90 Å². The number of hydrogen-bond donors (Lipinski definition) is 0. The van der Waals surface area contributed by atoms with E-state index in [2.05, 4.69) is 14.8 Å². The van der Waals surface area contributed by atoms with Crippen molar-refractivity contribution in [2.24, 2.45) is 0 Å². The molecule has 0 saturated carbocycles. The number of fused-ring (bicyclic) bond motifs is 1. The molecule has 2 aromatic heterocycles.